The van der Waals surface area contributed by atoms with E-state index in [2.05, 4.69) is 59.3 Å². The van der Waals surface area contributed by atoms with Gasteiger partial charge in [-0.15, -0.1) is 0 Å². The van der Waals surface area contributed by atoms with Gasteiger partial charge in [-0.2, -0.15) is 0 Å². The fraction of sp³-hybridized carbons (Fsp3) is 1.00. The van der Waals surface area contributed by atoms with Gasteiger partial charge in [-0.25, -0.2) is 0 Å². The van der Waals surface area contributed by atoms with Gasteiger partial charge < -0.3 is 10.6 Å². The summed E-state index contributed by atoms with van der Waals surface area (Å²) in [5.74, 6) is 2.80. The second-order valence-electron chi connectivity index (χ2n) is 12.9. The van der Waals surface area contributed by atoms with Crippen LogP contribution in [0.15, 0.2) is 0 Å². The maximum atomic E-state index is 3.70. The molecule has 0 aliphatic heterocycles. The Morgan fingerprint density at radius 1 is 0.750 bits per heavy atom. The van der Waals surface area contributed by atoms with Crippen molar-refractivity contribution in [1.29, 1.82) is 0 Å². The van der Waals surface area contributed by atoms with Gasteiger partial charge in [-0.05, 0) is 124 Å². The van der Waals surface area contributed by atoms with Gasteiger partial charge >= 0.3 is 0 Å². The zero-order valence-corrected chi connectivity index (χ0v) is 19.8. The van der Waals surface area contributed by atoms with E-state index in [0.717, 1.165) is 17.8 Å². The van der Waals surface area contributed by atoms with Crippen LogP contribution in [0.25, 0.3) is 0 Å². The molecular formula is C26H46N2. The summed E-state index contributed by atoms with van der Waals surface area (Å²) in [4.78, 5) is 0. The van der Waals surface area contributed by atoms with Crippen LogP contribution in [-0.2, 0) is 0 Å². The van der Waals surface area contributed by atoms with Crippen LogP contribution in [0.4, 0.5) is 0 Å². The van der Waals surface area contributed by atoms with Crippen molar-refractivity contribution in [1.82, 2.24) is 10.6 Å². The Morgan fingerprint density at radius 3 is 2.11 bits per heavy atom. The molecule has 0 radical (unpaired) electrons. The van der Waals surface area contributed by atoms with Crippen molar-refractivity contribution >= 4 is 0 Å². The molecule has 0 aromatic heterocycles. The van der Waals surface area contributed by atoms with Gasteiger partial charge in [0.2, 0.25) is 0 Å². The SMILES string of the molecule is CNC(C)C1CCC2(C)C3CCC4C(C)(C)C(NC)CCC45CC35CCC12C. The number of hydrogen-bond acceptors (Lipinski definition) is 2. The molecule has 0 saturated heterocycles. The third kappa shape index (κ3) is 1.99. The lowest BCUT2D eigenvalue weighted by Gasteiger charge is -2.63. The standard InChI is InChI=1S/C26H46N2/c1-17(27-6)18-10-12-24(5)20-9-8-19-22(2,3)21(28-7)11-13-25(19)16-26(20,25)15-14-23(18,24)4/h17-21,27-28H,8-16H2,1-7H3. The Hall–Kier alpha value is -0.0800. The highest BCUT2D eigenvalue weighted by atomic mass is 14.9. The molecule has 9 atom stereocenters. The predicted octanol–water partition coefficient (Wildman–Crippen LogP) is 5.62. The van der Waals surface area contributed by atoms with Gasteiger partial charge in [-0.1, -0.05) is 27.7 Å². The Bertz CT molecular complexity index is 657. The second kappa shape index (κ2) is 5.78. The monoisotopic (exact) mass is 386 g/mol. The summed E-state index contributed by atoms with van der Waals surface area (Å²) in [5.41, 5.74) is 2.98. The molecule has 0 aromatic carbocycles. The minimum atomic E-state index is 0.460. The van der Waals surface area contributed by atoms with Gasteiger partial charge in [0.25, 0.3) is 0 Å². The minimum absolute atomic E-state index is 0.460. The van der Waals surface area contributed by atoms with Crippen LogP contribution in [0.2, 0.25) is 0 Å². The van der Waals surface area contributed by atoms with Crippen molar-refractivity contribution in [3.8, 4) is 0 Å². The van der Waals surface area contributed by atoms with Gasteiger partial charge in [0.05, 0.1) is 0 Å². The average molecular weight is 387 g/mol. The summed E-state index contributed by atoms with van der Waals surface area (Å²) in [5, 5.41) is 7.33. The fourth-order valence-electron chi connectivity index (χ4n) is 10.9. The van der Waals surface area contributed by atoms with Crippen LogP contribution < -0.4 is 10.6 Å². The molecular weight excluding hydrogens is 340 g/mol. The largest absolute Gasteiger partial charge is 0.317 e. The zero-order valence-electron chi connectivity index (χ0n) is 19.8. The van der Waals surface area contributed by atoms with E-state index in [0.29, 0.717) is 39.2 Å². The Kier molecular flexibility index (Phi) is 4.10. The lowest BCUT2D eigenvalue weighted by molar-refractivity contribution is -0.143. The van der Waals surface area contributed by atoms with E-state index < -0.39 is 0 Å². The Morgan fingerprint density at radius 2 is 1.43 bits per heavy atom. The number of fused-ring (bicyclic) bond motifs is 2. The highest BCUT2D eigenvalue weighted by molar-refractivity contribution is 5.31. The number of rotatable bonds is 3. The lowest BCUT2D eigenvalue weighted by Crippen LogP contribution is -2.59. The highest BCUT2D eigenvalue weighted by Crippen LogP contribution is 2.88. The molecule has 2 heteroatoms. The maximum Gasteiger partial charge on any atom is 0.0118 e. The first-order chi connectivity index (χ1) is 13.1. The van der Waals surface area contributed by atoms with Crippen LogP contribution in [0.3, 0.4) is 0 Å². The summed E-state index contributed by atoms with van der Waals surface area (Å²) in [6.45, 7) is 13.1. The molecule has 0 heterocycles. The zero-order chi connectivity index (χ0) is 20.2. The van der Waals surface area contributed by atoms with Crippen molar-refractivity contribution in [2.24, 2.45) is 44.8 Å². The average Bonchev–Trinajstić information content (AvgIpc) is 3.24. The second-order valence-corrected chi connectivity index (χ2v) is 12.9. The van der Waals surface area contributed by atoms with E-state index in [1.54, 1.807) is 6.42 Å². The summed E-state index contributed by atoms with van der Waals surface area (Å²) < 4.78 is 0. The topological polar surface area (TPSA) is 24.1 Å². The van der Waals surface area contributed by atoms with Crippen molar-refractivity contribution in [2.45, 2.75) is 104 Å². The van der Waals surface area contributed by atoms with Crippen LogP contribution in [0.5, 0.6) is 0 Å². The van der Waals surface area contributed by atoms with E-state index in [9.17, 15) is 0 Å². The fourth-order valence-corrected chi connectivity index (χ4v) is 10.9. The van der Waals surface area contributed by atoms with E-state index in [4.69, 9.17) is 0 Å². The predicted molar refractivity (Wildman–Crippen MR) is 118 cm³/mol. The molecule has 2 N–H and O–H groups in total. The summed E-state index contributed by atoms with van der Waals surface area (Å²) in [7, 11) is 4.38. The molecule has 0 aromatic rings. The molecule has 2 nitrogen and oxygen atoms in total. The molecule has 2 spiro atoms. The summed E-state index contributed by atoms with van der Waals surface area (Å²) >= 11 is 0. The van der Waals surface area contributed by atoms with E-state index in [1.807, 2.05) is 0 Å². The number of hydrogen-bond donors (Lipinski definition) is 2. The first kappa shape index (κ1) is 19.9. The molecule has 5 saturated carbocycles. The molecule has 0 amide bonds. The molecule has 0 bridgehead atoms. The molecule has 28 heavy (non-hydrogen) atoms. The normalized spacial score (nSPS) is 57.5. The molecule has 160 valence electrons. The van der Waals surface area contributed by atoms with Crippen molar-refractivity contribution in [3.63, 3.8) is 0 Å². The smallest absolute Gasteiger partial charge is 0.0118 e. The van der Waals surface area contributed by atoms with Crippen LogP contribution >= 0.6 is 0 Å². The third-order valence-electron chi connectivity index (χ3n) is 12.6. The maximum absolute atomic E-state index is 3.70. The van der Waals surface area contributed by atoms with Crippen molar-refractivity contribution in [3.05, 3.63) is 0 Å². The first-order valence-electron chi connectivity index (χ1n) is 12.5. The lowest BCUT2D eigenvalue weighted by atomic mass is 9.42. The Balaban J connectivity index is 1.50. The van der Waals surface area contributed by atoms with Gasteiger partial charge in [0, 0.05) is 12.1 Å². The van der Waals surface area contributed by atoms with Crippen molar-refractivity contribution in [2.75, 3.05) is 14.1 Å². The van der Waals surface area contributed by atoms with Crippen LogP contribution in [0.1, 0.15) is 92.4 Å². The molecule has 5 rings (SSSR count). The van der Waals surface area contributed by atoms with Crippen LogP contribution in [0, 0.1) is 44.8 Å². The first-order valence-corrected chi connectivity index (χ1v) is 12.5. The molecule has 5 aliphatic carbocycles. The number of nitrogens with one attached hydrogen (secondary N) is 2. The molecule has 9 unspecified atom stereocenters. The molecule has 5 aliphatic rings. The van der Waals surface area contributed by atoms with Gasteiger partial charge in [0.15, 0.2) is 0 Å². The van der Waals surface area contributed by atoms with Crippen LogP contribution in [-0.4, -0.2) is 26.2 Å². The highest BCUT2D eigenvalue weighted by Gasteiger charge is 2.82. The summed E-state index contributed by atoms with van der Waals surface area (Å²) in [6, 6.07) is 1.38. The third-order valence-corrected chi connectivity index (χ3v) is 12.6. The van der Waals surface area contributed by atoms with E-state index in [-0.39, 0.29) is 0 Å². The van der Waals surface area contributed by atoms with E-state index >= 15 is 0 Å². The summed E-state index contributed by atoms with van der Waals surface area (Å²) in [6.07, 6.45) is 13.4. The molecule has 5 fully saturated rings. The van der Waals surface area contributed by atoms with Crippen molar-refractivity contribution < 1.29 is 0 Å². The minimum Gasteiger partial charge on any atom is -0.317 e. The Labute approximate surface area is 174 Å². The van der Waals surface area contributed by atoms with E-state index in [1.165, 1.54) is 51.4 Å². The quantitative estimate of drug-likeness (QED) is 0.657. The van der Waals surface area contributed by atoms with Gasteiger partial charge in [-0.3, -0.25) is 0 Å². The van der Waals surface area contributed by atoms with Gasteiger partial charge in [0.1, 0.15) is 0 Å².